The average Bonchev–Trinajstić information content (AvgIpc) is 3.03. The van der Waals surface area contributed by atoms with Crippen LogP contribution in [0.2, 0.25) is 0 Å². The lowest BCUT2D eigenvalue weighted by Crippen LogP contribution is -2.36. The van der Waals surface area contributed by atoms with Gasteiger partial charge in [-0.15, -0.1) is 0 Å². The quantitative estimate of drug-likeness (QED) is 0.839. The molecule has 4 rings (SSSR count). The van der Waals surface area contributed by atoms with Crippen molar-refractivity contribution in [3.63, 3.8) is 0 Å². The minimum absolute atomic E-state index is 0.0142. The number of rotatable bonds is 2. The molecule has 28 heavy (non-hydrogen) atoms. The van der Waals surface area contributed by atoms with E-state index in [9.17, 15) is 9.59 Å². The molecule has 2 heterocycles. The summed E-state index contributed by atoms with van der Waals surface area (Å²) in [4.78, 5) is 32.0. The molecule has 1 atom stereocenters. The number of para-hydroxylation sites is 1. The molecule has 1 aliphatic carbocycles. The number of carbonyl (C=O) groups is 2. The number of aromatic nitrogens is 1. The minimum atomic E-state index is -0.214. The van der Waals surface area contributed by atoms with Crippen LogP contribution in [-0.2, 0) is 16.0 Å². The smallest absolute Gasteiger partial charge is 0.250 e. The number of amides is 2. The zero-order chi connectivity index (χ0) is 19.9. The van der Waals surface area contributed by atoms with Gasteiger partial charge in [0, 0.05) is 34.8 Å². The Hall–Kier alpha value is -3.21. The lowest BCUT2D eigenvalue weighted by atomic mass is 9.74. The third kappa shape index (κ3) is 3.48. The van der Waals surface area contributed by atoms with Crippen LogP contribution in [0, 0.1) is 11.3 Å². The highest BCUT2D eigenvalue weighted by Crippen LogP contribution is 2.38. The van der Waals surface area contributed by atoms with Gasteiger partial charge in [-0.3, -0.25) is 9.59 Å². The van der Waals surface area contributed by atoms with Crippen molar-refractivity contribution in [3.8, 4) is 0 Å². The van der Waals surface area contributed by atoms with E-state index in [4.69, 9.17) is 0 Å². The van der Waals surface area contributed by atoms with E-state index in [-0.39, 0.29) is 29.6 Å². The van der Waals surface area contributed by atoms with Gasteiger partial charge in [0.05, 0.1) is 12.1 Å². The lowest BCUT2D eigenvalue weighted by Gasteiger charge is -2.34. The van der Waals surface area contributed by atoms with E-state index in [0.717, 1.165) is 27.7 Å². The van der Waals surface area contributed by atoms with Gasteiger partial charge in [-0.1, -0.05) is 45.0 Å². The molecule has 0 fully saturated rings. The van der Waals surface area contributed by atoms with Gasteiger partial charge in [-0.25, -0.2) is 4.99 Å². The average molecular weight is 373 g/mol. The van der Waals surface area contributed by atoms with Crippen LogP contribution in [0.5, 0.6) is 0 Å². The topological polar surface area (TPSA) is 74.3 Å². The predicted octanol–water partition coefficient (Wildman–Crippen LogP) is 3.85. The summed E-state index contributed by atoms with van der Waals surface area (Å²) in [5.41, 5.74) is 4.21. The van der Waals surface area contributed by atoms with E-state index in [1.54, 1.807) is 12.2 Å². The number of hydrogen-bond acceptors (Lipinski definition) is 2. The van der Waals surface area contributed by atoms with Gasteiger partial charge in [0.25, 0.3) is 5.91 Å². The van der Waals surface area contributed by atoms with Crippen molar-refractivity contribution in [1.29, 1.82) is 0 Å². The van der Waals surface area contributed by atoms with Crippen molar-refractivity contribution in [3.05, 3.63) is 71.6 Å². The molecule has 142 valence electrons. The molecule has 1 aliphatic heterocycles. The molecule has 1 aromatic heterocycles. The van der Waals surface area contributed by atoms with E-state index in [1.807, 2.05) is 42.6 Å². The van der Waals surface area contributed by atoms with Crippen molar-refractivity contribution < 1.29 is 9.59 Å². The Morgan fingerprint density at radius 2 is 1.96 bits per heavy atom. The summed E-state index contributed by atoms with van der Waals surface area (Å²) in [7, 11) is 0. The van der Waals surface area contributed by atoms with Crippen molar-refractivity contribution in [2.45, 2.75) is 27.2 Å². The number of benzene rings is 1. The monoisotopic (exact) mass is 373 g/mol. The Balaban J connectivity index is 1.56. The molecular weight excluding hydrogens is 350 g/mol. The van der Waals surface area contributed by atoms with Crippen molar-refractivity contribution >= 4 is 28.4 Å². The van der Waals surface area contributed by atoms with Gasteiger partial charge in [0.15, 0.2) is 0 Å². The fourth-order valence-corrected chi connectivity index (χ4v) is 3.77. The maximum Gasteiger partial charge on any atom is 0.250 e. The first-order chi connectivity index (χ1) is 13.3. The van der Waals surface area contributed by atoms with Crippen molar-refractivity contribution in [2.75, 3.05) is 0 Å². The third-order valence-corrected chi connectivity index (χ3v) is 5.12. The number of fused-ring (bicyclic) bond motifs is 2. The van der Waals surface area contributed by atoms with Crippen LogP contribution >= 0.6 is 0 Å². The molecule has 2 aromatic rings. The lowest BCUT2D eigenvalue weighted by molar-refractivity contribution is -0.117. The van der Waals surface area contributed by atoms with Crippen LogP contribution in [0.4, 0.5) is 0 Å². The van der Waals surface area contributed by atoms with E-state index in [2.05, 4.69) is 36.1 Å². The fraction of sp³-hybridized carbons (Fsp3) is 0.261. The zero-order valence-electron chi connectivity index (χ0n) is 16.2. The third-order valence-electron chi connectivity index (χ3n) is 5.12. The molecule has 1 unspecified atom stereocenters. The van der Waals surface area contributed by atoms with E-state index in [1.165, 1.54) is 0 Å². The highest BCUT2D eigenvalue weighted by molar-refractivity contribution is 6.11. The summed E-state index contributed by atoms with van der Waals surface area (Å²) in [5.74, 6) is -0.332. The molecule has 2 N–H and O–H groups in total. The Labute approximate surface area is 163 Å². The maximum atomic E-state index is 12.5. The first kappa shape index (κ1) is 18.2. The summed E-state index contributed by atoms with van der Waals surface area (Å²) >= 11 is 0. The first-order valence-electron chi connectivity index (χ1n) is 9.40. The van der Waals surface area contributed by atoms with Gasteiger partial charge in [-0.05, 0) is 34.8 Å². The zero-order valence-corrected chi connectivity index (χ0v) is 16.2. The second-order valence-electron chi connectivity index (χ2n) is 8.24. The van der Waals surface area contributed by atoms with Gasteiger partial charge in [-0.2, -0.15) is 0 Å². The summed E-state index contributed by atoms with van der Waals surface area (Å²) in [6.07, 6.45) is 9.43. The van der Waals surface area contributed by atoms with Crippen molar-refractivity contribution in [2.24, 2.45) is 16.3 Å². The Morgan fingerprint density at radius 3 is 2.75 bits per heavy atom. The number of H-pyrrole nitrogens is 1. The number of carbonyl (C=O) groups excluding carboxylic acids is 2. The largest absolute Gasteiger partial charge is 0.361 e. The van der Waals surface area contributed by atoms with Crippen LogP contribution in [0.1, 0.15) is 26.3 Å². The highest BCUT2D eigenvalue weighted by Gasteiger charge is 2.32. The number of nitrogens with zero attached hydrogens (tertiary/aromatic N) is 1. The number of aromatic amines is 1. The van der Waals surface area contributed by atoms with E-state index >= 15 is 0 Å². The number of hydrogen-bond donors (Lipinski definition) is 2. The first-order valence-corrected chi connectivity index (χ1v) is 9.40. The van der Waals surface area contributed by atoms with Crippen LogP contribution in [-0.4, -0.2) is 22.5 Å². The Morgan fingerprint density at radius 1 is 1.18 bits per heavy atom. The molecule has 2 aliphatic rings. The van der Waals surface area contributed by atoms with E-state index < -0.39 is 0 Å². The van der Waals surface area contributed by atoms with E-state index in [0.29, 0.717) is 5.71 Å². The second kappa shape index (κ2) is 6.75. The minimum Gasteiger partial charge on any atom is -0.361 e. The SMILES string of the molecule is CC(C)(C)C1=CC(=O)NC2=CC(=NC(=O)Cc3c[nH]c4ccccc34)C=CC21. The Kier molecular flexibility index (Phi) is 4.38. The standard InChI is InChI=1S/C23H23N3O2/c1-23(2,3)18-12-22(28)26-20-11-15(8-9-17(18)20)25-21(27)10-14-13-24-19-7-5-4-6-16(14)19/h4-9,11-13,17,24H,10H2,1-3H3,(H,26,28). The van der Waals surface area contributed by atoms with Gasteiger partial charge in [0.1, 0.15) is 0 Å². The summed E-state index contributed by atoms with van der Waals surface area (Å²) < 4.78 is 0. The number of allylic oxidation sites excluding steroid dienone is 3. The molecular formula is C23H23N3O2. The van der Waals surface area contributed by atoms with Crippen LogP contribution < -0.4 is 5.32 Å². The van der Waals surface area contributed by atoms with Crippen LogP contribution in [0.25, 0.3) is 10.9 Å². The van der Waals surface area contributed by atoms with Crippen LogP contribution in [0.3, 0.4) is 0 Å². The molecule has 5 nitrogen and oxygen atoms in total. The number of nitrogens with one attached hydrogen (secondary N) is 2. The maximum absolute atomic E-state index is 12.5. The summed E-state index contributed by atoms with van der Waals surface area (Å²) in [6, 6.07) is 7.89. The van der Waals surface area contributed by atoms with Gasteiger partial charge < -0.3 is 10.3 Å². The molecule has 0 spiro atoms. The second-order valence-corrected chi connectivity index (χ2v) is 8.24. The molecule has 0 saturated heterocycles. The molecule has 5 heteroatoms. The molecule has 0 radical (unpaired) electrons. The highest BCUT2D eigenvalue weighted by atomic mass is 16.2. The summed E-state index contributed by atoms with van der Waals surface area (Å²) in [5, 5.41) is 3.93. The van der Waals surface area contributed by atoms with Gasteiger partial charge in [0.2, 0.25) is 5.91 Å². The van der Waals surface area contributed by atoms with Crippen LogP contribution in [0.15, 0.2) is 71.0 Å². The molecule has 0 bridgehead atoms. The van der Waals surface area contributed by atoms with Crippen molar-refractivity contribution in [1.82, 2.24) is 10.3 Å². The Bertz CT molecular complexity index is 1090. The number of aliphatic imine (C=N–C) groups is 1. The summed E-state index contributed by atoms with van der Waals surface area (Å²) in [6.45, 7) is 6.28. The molecule has 0 saturated carbocycles. The molecule has 1 aromatic carbocycles. The normalized spacial score (nSPS) is 20.6. The van der Waals surface area contributed by atoms with Gasteiger partial charge >= 0.3 is 0 Å². The molecule has 2 amide bonds. The fourth-order valence-electron chi connectivity index (χ4n) is 3.77. The predicted molar refractivity (Wildman–Crippen MR) is 111 cm³/mol.